The minimum absolute atomic E-state index is 0.0311. The van der Waals surface area contributed by atoms with Gasteiger partial charge in [-0.2, -0.15) is 0 Å². The van der Waals surface area contributed by atoms with Crippen molar-refractivity contribution in [1.82, 2.24) is 9.88 Å². The molecular weight excluding hydrogens is 449 g/mol. The number of carbonyl (C=O) groups excluding carboxylic acids is 2. The average molecular weight is 468 g/mol. The molecule has 0 saturated heterocycles. The van der Waals surface area contributed by atoms with Crippen molar-refractivity contribution in [3.05, 3.63) is 93.4 Å². The Balaban J connectivity index is 1.82. The maximum atomic E-state index is 13.4. The molecule has 0 aliphatic carbocycles. The number of nitrogens with one attached hydrogen (secondary N) is 1. The van der Waals surface area contributed by atoms with E-state index in [9.17, 15) is 9.59 Å². The van der Waals surface area contributed by atoms with Crippen LogP contribution >= 0.6 is 23.2 Å². The fourth-order valence-electron chi connectivity index (χ4n) is 3.49. The fraction of sp³-hybridized carbons (Fsp3) is 0.125. The highest BCUT2D eigenvalue weighted by molar-refractivity contribution is 6.41. The Labute approximate surface area is 195 Å². The van der Waals surface area contributed by atoms with Gasteiger partial charge in [0.15, 0.2) is 0 Å². The number of imide groups is 1. The topological polar surface area (TPSA) is 71.5 Å². The molecule has 2 heterocycles. The van der Waals surface area contributed by atoms with Crippen LogP contribution in [0.15, 0.2) is 66.5 Å². The third kappa shape index (κ3) is 4.20. The number of ether oxygens (including phenoxy) is 1. The molecule has 0 radical (unpaired) electrons. The number of aromatic nitrogens is 1. The highest BCUT2D eigenvalue weighted by Crippen LogP contribution is 2.37. The number of nitrogens with zero attached hydrogens (tertiary/aromatic N) is 2. The summed E-state index contributed by atoms with van der Waals surface area (Å²) < 4.78 is 5.43. The highest BCUT2D eigenvalue weighted by atomic mass is 35.5. The standard InChI is InChI=1S/C24H19Cl2N3O3/c1-14-6-9-20(32-2)19(11-14)28-22-21(17-8-7-15(25)12-18(17)26)23(30)29(24(22)31)13-16-5-3-4-10-27-16/h3-12,28H,13H2,1-2H3. The molecule has 162 valence electrons. The summed E-state index contributed by atoms with van der Waals surface area (Å²) in [7, 11) is 1.54. The summed E-state index contributed by atoms with van der Waals surface area (Å²) in [6.45, 7) is 1.95. The van der Waals surface area contributed by atoms with Gasteiger partial charge >= 0.3 is 0 Å². The van der Waals surface area contributed by atoms with Crippen LogP contribution < -0.4 is 10.1 Å². The average Bonchev–Trinajstić information content (AvgIpc) is 2.99. The van der Waals surface area contributed by atoms with E-state index in [2.05, 4.69) is 10.3 Å². The molecule has 0 fully saturated rings. The van der Waals surface area contributed by atoms with Crippen molar-refractivity contribution in [2.45, 2.75) is 13.5 Å². The van der Waals surface area contributed by atoms with E-state index in [4.69, 9.17) is 27.9 Å². The van der Waals surface area contributed by atoms with Crippen LogP contribution in [0.2, 0.25) is 10.0 Å². The number of pyridine rings is 1. The Kier molecular flexibility index (Phi) is 6.17. The number of anilines is 1. The number of hydrogen-bond donors (Lipinski definition) is 1. The largest absolute Gasteiger partial charge is 0.495 e. The van der Waals surface area contributed by atoms with E-state index < -0.39 is 11.8 Å². The van der Waals surface area contributed by atoms with Crippen molar-refractivity contribution >= 4 is 46.3 Å². The van der Waals surface area contributed by atoms with Gasteiger partial charge in [0.2, 0.25) is 0 Å². The molecule has 1 N–H and O–H groups in total. The second-order valence-corrected chi connectivity index (χ2v) is 8.06. The molecule has 32 heavy (non-hydrogen) atoms. The lowest BCUT2D eigenvalue weighted by molar-refractivity contribution is -0.137. The van der Waals surface area contributed by atoms with Gasteiger partial charge in [0.25, 0.3) is 11.8 Å². The molecule has 0 atom stereocenters. The number of halogens is 2. The van der Waals surface area contributed by atoms with Gasteiger partial charge in [0.1, 0.15) is 11.4 Å². The van der Waals surface area contributed by atoms with Crippen molar-refractivity contribution in [2.24, 2.45) is 0 Å². The third-order valence-electron chi connectivity index (χ3n) is 5.03. The minimum Gasteiger partial charge on any atom is -0.495 e. The van der Waals surface area contributed by atoms with E-state index >= 15 is 0 Å². The van der Waals surface area contributed by atoms with E-state index in [1.165, 1.54) is 13.2 Å². The predicted molar refractivity (Wildman–Crippen MR) is 125 cm³/mol. The quantitative estimate of drug-likeness (QED) is 0.510. The zero-order valence-corrected chi connectivity index (χ0v) is 18.9. The van der Waals surface area contributed by atoms with Crippen LogP contribution in [0.4, 0.5) is 5.69 Å². The van der Waals surface area contributed by atoms with E-state index in [1.807, 2.05) is 19.1 Å². The lowest BCUT2D eigenvalue weighted by Gasteiger charge is -2.15. The minimum atomic E-state index is -0.481. The Morgan fingerprint density at radius 2 is 1.84 bits per heavy atom. The summed E-state index contributed by atoms with van der Waals surface area (Å²) in [5.74, 6) is -0.419. The van der Waals surface area contributed by atoms with E-state index in [-0.39, 0.29) is 22.8 Å². The van der Waals surface area contributed by atoms with Gasteiger partial charge in [0.05, 0.1) is 35.6 Å². The number of benzene rings is 2. The zero-order valence-electron chi connectivity index (χ0n) is 17.4. The predicted octanol–water partition coefficient (Wildman–Crippen LogP) is 5.10. The molecule has 2 aromatic carbocycles. The smallest absolute Gasteiger partial charge is 0.278 e. The molecule has 0 bridgehead atoms. The molecule has 8 heteroatoms. The maximum Gasteiger partial charge on any atom is 0.278 e. The molecule has 0 saturated carbocycles. The lowest BCUT2D eigenvalue weighted by atomic mass is 10.0. The second kappa shape index (κ2) is 9.02. The van der Waals surface area contributed by atoms with Crippen LogP contribution in [-0.2, 0) is 16.1 Å². The number of carbonyl (C=O) groups is 2. The molecule has 3 aromatic rings. The first-order chi connectivity index (χ1) is 15.4. The first-order valence-corrected chi connectivity index (χ1v) is 10.5. The number of rotatable bonds is 6. The van der Waals surface area contributed by atoms with Gasteiger partial charge in [-0.1, -0.05) is 41.4 Å². The van der Waals surface area contributed by atoms with Gasteiger partial charge in [-0.05, 0) is 48.9 Å². The molecule has 1 aliphatic rings. The number of aryl methyl sites for hydroxylation is 1. The van der Waals surface area contributed by atoms with Crippen molar-refractivity contribution in [3.8, 4) is 5.75 Å². The summed E-state index contributed by atoms with van der Waals surface area (Å²) in [6.07, 6.45) is 1.61. The van der Waals surface area contributed by atoms with Crippen molar-refractivity contribution in [1.29, 1.82) is 0 Å². The van der Waals surface area contributed by atoms with Crippen LogP contribution in [0.3, 0.4) is 0 Å². The number of hydrogen-bond acceptors (Lipinski definition) is 5. The lowest BCUT2D eigenvalue weighted by Crippen LogP contribution is -2.32. The van der Waals surface area contributed by atoms with Gasteiger partial charge in [0, 0.05) is 16.8 Å². The molecule has 4 rings (SSSR count). The Morgan fingerprint density at radius 3 is 2.53 bits per heavy atom. The first kappa shape index (κ1) is 21.9. The van der Waals surface area contributed by atoms with Crippen LogP contribution in [0.1, 0.15) is 16.8 Å². The van der Waals surface area contributed by atoms with Crippen molar-refractivity contribution < 1.29 is 14.3 Å². The van der Waals surface area contributed by atoms with E-state index in [0.29, 0.717) is 27.7 Å². The molecule has 2 amide bonds. The zero-order chi connectivity index (χ0) is 22.8. The van der Waals surface area contributed by atoms with Gasteiger partial charge < -0.3 is 10.1 Å². The molecule has 0 spiro atoms. The third-order valence-corrected chi connectivity index (χ3v) is 5.58. The summed E-state index contributed by atoms with van der Waals surface area (Å²) in [6, 6.07) is 15.6. The van der Waals surface area contributed by atoms with Crippen LogP contribution in [0, 0.1) is 6.92 Å². The fourth-order valence-corrected chi connectivity index (χ4v) is 3.99. The van der Waals surface area contributed by atoms with Crippen LogP contribution in [0.25, 0.3) is 5.57 Å². The maximum absolute atomic E-state index is 13.4. The SMILES string of the molecule is COc1ccc(C)cc1NC1=C(c2ccc(Cl)cc2Cl)C(=O)N(Cc2ccccn2)C1=O. The summed E-state index contributed by atoms with van der Waals surface area (Å²) in [4.78, 5) is 32.2. The second-order valence-electron chi connectivity index (χ2n) is 7.22. The number of amides is 2. The van der Waals surface area contributed by atoms with Gasteiger partial charge in [-0.15, -0.1) is 0 Å². The summed E-state index contributed by atoms with van der Waals surface area (Å²) >= 11 is 12.5. The van der Waals surface area contributed by atoms with Crippen molar-refractivity contribution in [2.75, 3.05) is 12.4 Å². The molecule has 1 aliphatic heterocycles. The summed E-state index contributed by atoms with van der Waals surface area (Å²) in [5.41, 5.74) is 2.79. The molecular formula is C24H19Cl2N3O3. The molecule has 6 nitrogen and oxygen atoms in total. The molecule has 0 unspecified atom stereocenters. The van der Waals surface area contributed by atoms with E-state index in [1.54, 1.807) is 42.6 Å². The van der Waals surface area contributed by atoms with Gasteiger partial charge in [-0.3, -0.25) is 19.5 Å². The van der Waals surface area contributed by atoms with E-state index in [0.717, 1.165) is 10.5 Å². The normalized spacial score (nSPS) is 13.7. The highest BCUT2D eigenvalue weighted by Gasteiger charge is 2.40. The van der Waals surface area contributed by atoms with Crippen molar-refractivity contribution in [3.63, 3.8) is 0 Å². The molecule has 1 aromatic heterocycles. The Bertz CT molecular complexity index is 1240. The monoisotopic (exact) mass is 467 g/mol. The first-order valence-electron chi connectivity index (χ1n) is 9.76. The van der Waals surface area contributed by atoms with Gasteiger partial charge in [-0.25, -0.2) is 0 Å². The summed E-state index contributed by atoms with van der Waals surface area (Å²) in [5, 5.41) is 3.81. The Morgan fingerprint density at radius 1 is 1.03 bits per heavy atom. The van der Waals surface area contributed by atoms with Crippen LogP contribution in [-0.4, -0.2) is 28.8 Å². The Hall–Kier alpha value is -3.35. The number of methoxy groups -OCH3 is 1. The van der Waals surface area contributed by atoms with Crippen LogP contribution in [0.5, 0.6) is 5.75 Å².